The number of carbonyl (C=O) groups excluding carboxylic acids is 1. The van der Waals surface area contributed by atoms with Crippen LogP contribution in [-0.2, 0) is 6.54 Å². The van der Waals surface area contributed by atoms with Gasteiger partial charge in [0.1, 0.15) is 11.5 Å². The van der Waals surface area contributed by atoms with Crippen LogP contribution in [0.25, 0.3) is 21.0 Å². The first-order valence-electron chi connectivity index (χ1n) is 11.5. The van der Waals surface area contributed by atoms with E-state index in [0.717, 1.165) is 33.9 Å². The smallest absolute Gasteiger partial charge is 0.257 e. The second-order valence-electron chi connectivity index (χ2n) is 8.32. The molecule has 0 saturated heterocycles. The molecule has 1 aliphatic rings. The number of nitrogens with zero attached hydrogens (tertiary/aromatic N) is 2. The van der Waals surface area contributed by atoms with Gasteiger partial charge in [0, 0.05) is 16.8 Å². The zero-order valence-electron chi connectivity index (χ0n) is 19.2. The van der Waals surface area contributed by atoms with Crippen molar-refractivity contribution in [1.82, 2.24) is 4.98 Å². The van der Waals surface area contributed by atoms with Gasteiger partial charge in [0.05, 0.1) is 23.4 Å². The summed E-state index contributed by atoms with van der Waals surface area (Å²) in [5.74, 6) is 1.54. The Morgan fingerprint density at radius 3 is 2.80 bits per heavy atom. The van der Waals surface area contributed by atoms with Gasteiger partial charge in [-0.2, -0.15) is 0 Å². The van der Waals surface area contributed by atoms with Crippen LogP contribution in [-0.4, -0.2) is 24.2 Å². The third kappa shape index (κ3) is 4.15. The number of amides is 1. The van der Waals surface area contributed by atoms with E-state index in [-0.39, 0.29) is 5.91 Å². The summed E-state index contributed by atoms with van der Waals surface area (Å²) >= 11 is 1.43. The van der Waals surface area contributed by atoms with Gasteiger partial charge >= 0.3 is 0 Å². The molecule has 2 heterocycles. The number of carbonyl (C=O) groups is 1. The predicted molar refractivity (Wildman–Crippen MR) is 141 cm³/mol. The highest BCUT2D eigenvalue weighted by Gasteiger charge is 2.20. The Bertz CT molecular complexity index is 1540. The van der Waals surface area contributed by atoms with E-state index in [0.29, 0.717) is 24.0 Å². The minimum absolute atomic E-state index is 0.188. The summed E-state index contributed by atoms with van der Waals surface area (Å²) in [5.41, 5.74) is 3.59. The molecular weight excluding hydrogens is 458 g/mol. The lowest BCUT2D eigenvalue weighted by atomic mass is 10.0. The zero-order valence-corrected chi connectivity index (χ0v) is 20.0. The molecule has 1 amide bonds. The summed E-state index contributed by atoms with van der Waals surface area (Å²) in [7, 11) is 0. The van der Waals surface area contributed by atoms with E-state index in [2.05, 4.69) is 39.5 Å². The molecule has 35 heavy (non-hydrogen) atoms. The number of anilines is 2. The molecule has 6 rings (SSSR count). The second-order valence-corrected chi connectivity index (χ2v) is 9.35. The molecule has 174 valence electrons. The number of aromatic nitrogens is 1. The van der Waals surface area contributed by atoms with E-state index < -0.39 is 0 Å². The summed E-state index contributed by atoms with van der Waals surface area (Å²) < 4.78 is 12.6. The molecule has 1 aliphatic heterocycles. The number of rotatable bonds is 5. The van der Waals surface area contributed by atoms with Gasteiger partial charge in [-0.25, -0.2) is 4.98 Å². The maximum atomic E-state index is 12.9. The third-order valence-corrected chi connectivity index (χ3v) is 7.04. The largest absolute Gasteiger partial charge is 0.494 e. The van der Waals surface area contributed by atoms with E-state index >= 15 is 0 Å². The first kappa shape index (κ1) is 21.4. The topological polar surface area (TPSA) is 63.7 Å². The quantitative estimate of drug-likeness (QED) is 0.312. The lowest BCUT2D eigenvalue weighted by Gasteiger charge is -2.31. The van der Waals surface area contributed by atoms with Gasteiger partial charge in [-0.05, 0) is 66.2 Å². The monoisotopic (exact) mass is 481 g/mol. The molecule has 0 bridgehead atoms. The Labute approximate surface area is 206 Å². The fourth-order valence-corrected chi connectivity index (χ4v) is 5.26. The highest BCUT2D eigenvalue weighted by molar-refractivity contribution is 7.22. The minimum Gasteiger partial charge on any atom is -0.494 e. The lowest BCUT2D eigenvalue weighted by Crippen LogP contribution is -2.32. The highest BCUT2D eigenvalue weighted by atomic mass is 32.1. The van der Waals surface area contributed by atoms with Gasteiger partial charge in [0.25, 0.3) is 5.91 Å². The van der Waals surface area contributed by atoms with Gasteiger partial charge in [0.2, 0.25) is 0 Å². The Morgan fingerprint density at radius 1 is 1.09 bits per heavy atom. The standard InChI is InChI=1S/C28H23N3O3S/c1-2-33-21-12-13-24-26(15-21)35-28(29-24)30-27(32)19-7-10-20(11-8-19)31-16-23-22-6-4-3-5-18(22)9-14-25(23)34-17-31/h3-15H,2,16-17H2,1H3,(H,29,30,32). The number of fused-ring (bicyclic) bond motifs is 4. The summed E-state index contributed by atoms with van der Waals surface area (Å²) in [6.45, 7) is 3.77. The normalized spacial score (nSPS) is 12.9. The van der Waals surface area contributed by atoms with Gasteiger partial charge < -0.3 is 14.4 Å². The van der Waals surface area contributed by atoms with Crippen molar-refractivity contribution < 1.29 is 14.3 Å². The van der Waals surface area contributed by atoms with Crippen molar-refractivity contribution in [1.29, 1.82) is 0 Å². The van der Waals surface area contributed by atoms with Crippen LogP contribution in [0, 0.1) is 0 Å². The van der Waals surface area contributed by atoms with Crippen LogP contribution in [0.15, 0.2) is 78.9 Å². The average Bonchev–Trinajstić information content (AvgIpc) is 3.30. The van der Waals surface area contributed by atoms with Crippen molar-refractivity contribution in [2.24, 2.45) is 0 Å². The Kier molecular flexibility index (Phi) is 5.47. The molecule has 0 saturated carbocycles. The third-order valence-electron chi connectivity index (χ3n) is 6.11. The zero-order chi connectivity index (χ0) is 23.8. The van der Waals surface area contributed by atoms with Gasteiger partial charge in [0.15, 0.2) is 11.9 Å². The van der Waals surface area contributed by atoms with E-state index in [1.165, 1.54) is 27.7 Å². The summed E-state index contributed by atoms with van der Waals surface area (Å²) in [5, 5.41) is 5.89. The summed E-state index contributed by atoms with van der Waals surface area (Å²) in [6, 6.07) is 25.8. The minimum atomic E-state index is -0.188. The maximum Gasteiger partial charge on any atom is 0.257 e. The SMILES string of the molecule is CCOc1ccc2nc(NC(=O)c3ccc(N4COc5ccc6ccccc6c5C4)cc3)sc2c1. The number of benzene rings is 4. The Morgan fingerprint density at radius 2 is 1.94 bits per heavy atom. The van der Waals surface area contributed by atoms with E-state index in [1.54, 1.807) is 0 Å². The molecule has 4 aromatic carbocycles. The van der Waals surface area contributed by atoms with Crippen LogP contribution >= 0.6 is 11.3 Å². The Hall–Kier alpha value is -4.10. The molecule has 0 atom stereocenters. The van der Waals surface area contributed by atoms with E-state index in [1.807, 2.05) is 61.5 Å². The van der Waals surface area contributed by atoms with Crippen LogP contribution in [0.2, 0.25) is 0 Å². The van der Waals surface area contributed by atoms with Crippen molar-refractivity contribution in [2.75, 3.05) is 23.6 Å². The molecule has 1 N–H and O–H groups in total. The van der Waals surface area contributed by atoms with E-state index in [4.69, 9.17) is 9.47 Å². The van der Waals surface area contributed by atoms with Crippen molar-refractivity contribution in [3.8, 4) is 11.5 Å². The van der Waals surface area contributed by atoms with Crippen molar-refractivity contribution in [3.63, 3.8) is 0 Å². The van der Waals surface area contributed by atoms with Crippen molar-refractivity contribution >= 4 is 49.1 Å². The molecule has 0 radical (unpaired) electrons. The predicted octanol–water partition coefficient (Wildman–Crippen LogP) is 6.46. The average molecular weight is 482 g/mol. The molecule has 0 aliphatic carbocycles. The number of nitrogens with one attached hydrogen (secondary N) is 1. The molecule has 6 nitrogen and oxygen atoms in total. The van der Waals surface area contributed by atoms with Crippen LogP contribution in [0.5, 0.6) is 11.5 Å². The highest BCUT2D eigenvalue weighted by Crippen LogP contribution is 2.34. The fourth-order valence-electron chi connectivity index (χ4n) is 4.37. The Balaban J connectivity index is 1.18. The number of ether oxygens (including phenoxy) is 2. The number of hydrogen-bond donors (Lipinski definition) is 1. The molecule has 0 fully saturated rings. The van der Waals surface area contributed by atoms with Gasteiger partial charge in [-0.15, -0.1) is 0 Å². The molecular formula is C28H23N3O3S. The van der Waals surface area contributed by atoms with Crippen LogP contribution in [0.1, 0.15) is 22.8 Å². The molecule has 0 unspecified atom stereocenters. The first-order valence-corrected chi connectivity index (χ1v) is 12.3. The van der Waals surface area contributed by atoms with Crippen LogP contribution in [0.3, 0.4) is 0 Å². The number of hydrogen-bond acceptors (Lipinski definition) is 6. The van der Waals surface area contributed by atoms with Gasteiger partial charge in [-0.3, -0.25) is 10.1 Å². The van der Waals surface area contributed by atoms with E-state index in [9.17, 15) is 4.79 Å². The van der Waals surface area contributed by atoms with Crippen molar-refractivity contribution in [2.45, 2.75) is 13.5 Å². The summed E-state index contributed by atoms with van der Waals surface area (Å²) in [4.78, 5) is 19.5. The molecule has 5 aromatic rings. The lowest BCUT2D eigenvalue weighted by molar-refractivity contribution is 0.102. The van der Waals surface area contributed by atoms with Crippen LogP contribution < -0.4 is 19.7 Å². The molecule has 0 spiro atoms. The molecule has 1 aromatic heterocycles. The van der Waals surface area contributed by atoms with Crippen molar-refractivity contribution in [3.05, 3.63) is 90.0 Å². The number of thiazole rings is 1. The summed E-state index contributed by atoms with van der Waals surface area (Å²) in [6.07, 6.45) is 0. The second kappa shape index (κ2) is 8.92. The van der Waals surface area contributed by atoms with Crippen LogP contribution in [0.4, 0.5) is 10.8 Å². The fraction of sp³-hybridized carbons (Fsp3) is 0.143. The molecule has 7 heteroatoms. The van der Waals surface area contributed by atoms with Gasteiger partial charge in [-0.1, -0.05) is 41.7 Å². The first-order chi connectivity index (χ1) is 17.2. The maximum absolute atomic E-state index is 12.9.